The van der Waals surface area contributed by atoms with E-state index in [9.17, 15) is 9.59 Å². The number of rotatable bonds is 6. The van der Waals surface area contributed by atoms with Crippen LogP contribution in [0.5, 0.6) is 0 Å². The van der Waals surface area contributed by atoms with Crippen LogP contribution in [0.25, 0.3) is 0 Å². The van der Waals surface area contributed by atoms with Crippen LogP contribution in [-0.4, -0.2) is 56.5 Å². The van der Waals surface area contributed by atoms with Gasteiger partial charge in [-0.15, -0.1) is 0 Å². The molecule has 1 saturated heterocycles. The van der Waals surface area contributed by atoms with E-state index in [0.717, 1.165) is 0 Å². The Kier molecular flexibility index (Phi) is 6.24. The number of carbonyl (C=O) groups is 2. The Morgan fingerprint density at radius 2 is 1.68 bits per heavy atom. The second kappa shape index (κ2) is 7.45. The molecule has 1 rings (SSSR count). The number of ether oxygens (including phenoxy) is 3. The number of hydrogen-bond acceptors (Lipinski definition) is 5. The Morgan fingerprint density at radius 1 is 1.11 bits per heavy atom. The van der Waals surface area contributed by atoms with Crippen molar-refractivity contribution in [2.45, 2.75) is 38.4 Å². The molecule has 1 fully saturated rings. The van der Waals surface area contributed by atoms with Crippen molar-refractivity contribution in [1.82, 2.24) is 4.90 Å². The Labute approximate surface area is 114 Å². The molecule has 1 amide bonds. The molecule has 0 unspecified atom stereocenters. The predicted octanol–water partition coefficient (Wildman–Crippen LogP) is 0.941. The van der Waals surface area contributed by atoms with Crippen molar-refractivity contribution in [3.63, 3.8) is 0 Å². The number of amides is 1. The standard InChI is InChI=1S/C13H23NO5/c1-4-19-12(16)6-5-11(15)14-9-7-13(17-2,18-3)8-10-14/h4-10H2,1-3H3. The van der Waals surface area contributed by atoms with Gasteiger partial charge in [0.1, 0.15) is 0 Å². The number of esters is 1. The molecule has 6 heteroatoms. The first-order valence-corrected chi connectivity index (χ1v) is 6.60. The number of hydrogen-bond donors (Lipinski definition) is 0. The zero-order valence-electron chi connectivity index (χ0n) is 11.9. The van der Waals surface area contributed by atoms with E-state index in [1.54, 1.807) is 26.0 Å². The van der Waals surface area contributed by atoms with Crippen LogP contribution in [0, 0.1) is 0 Å². The largest absolute Gasteiger partial charge is 0.466 e. The molecular weight excluding hydrogens is 250 g/mol. The normalized spacial score (nSPS) is 18.2. The maximum absolute atomic E-state index is 11.9. The summed E-state index contributed by atoms with van der Waals surface area (Å²) >= 11 is 0. The average Bonchev–Trinajstić information content (AvgIpc) is 2.45. The minimum absolute atomic E-state index is 0.0196. The van der Waals surface area contributed by atoms with Crippen molar-refractivity contribution in [3.8, 4) is 0 Å². The van der Waals surface area contributed by atoms with Crippen molar-refractivity contribution in [3.05, 3.63) is 0 Å². The fourth-order valence-corrected chi connectivity index (χ4v) is 2.19. The highest BCUT2D eigenvalue weighted by molar-refractivity contribution is 5.81. The lowest BCUT2D eigenvalue weighted by atomic mass is 10.0. The van der Waals surface area contributed by atoms with Gasteiger partial charge in [0.15, 0.2) is 5.79 Å². The van der Waals surface area contributed by atoms with Gasteiger partial charge < -0.3 is 19.1 Å². The van der Waals surface area contributed by atoms with Gasteiger partial charge in [0, 0.05) is 46.6 Å². The lowest BCUT2D eigenvalue weighted by Crippen LogP contribution is -2.48. The number of carbonyl (C=O) groups excluding carboxylic acids is 2. The molecular formula is C13H23NO5. The van der Waals surface area contributed by atoms with E-state index in [-0.39, 0.29) is 24.7 Å². The van der Waals surface area contributed by atoms with Gasteiger partial charge in [0.25, 0.3) is 0 Å². The number of methoxy groups -OCH3 is 2. The minimum atomic E-state index is -0.572. The Hall–Kier alpha value is -1.14. The van der Waals surface area contributed by atoms with Crippen molar-refractivity contribution in [1.29, 1.82) is 0 Å². The number of nitrogens with zero attached hydrogens (tertiary/aromatic N) is 1. The summed E-state index contributed by atoms with van der Waals surface area (Å²) in [6, 6.07) is 0. The zero-order chi connectivity index (χ0) is 14.3. The molecule has 0 aliphatic carbocycles. The third-order valence-corrected chi connectivity index (χ3v) is 3.47. The molecule has 110 valence electrons. The first-order chi connectivity index (χ1) is 9.06. The highest BCUT2D eigenvalue weighted by Gasteiger charge is 2.35. The molecule has 0 aromatic carbocycles. The maximum atomic E-state index is 11.9. The van der Waals surface area contributed by atoms with Crippen LogP contribution >= 0.6 is 0 Å². The van der Waals surface area contributed by atoms with E-state index in [0.29, 0.717) is 32.5 Å². The van der Waals surface area contributed by atoms with E-state index in [1.807, 2.05) is 0 Å². The van der Waals surface area contributed by atoms with Crippen molar-refractivity contribution in [2.75, 3.05) is 33.9 Å². The second-order valence-corrected chi connectivity index (χ2v) is 4.50. The van der Waals surface area contributed by atoms with Gasteiger partial charge in [0.05, 0.1) is 13.0 Å². The third kappa shape index (κ3) is 4.47. The first-order valence-electron chi connectivity index (χ1n) is 6.60. The van der Waals surface area contributed by atoms with Gasteiger partial charge >= 0.3 is 5.97 Å². The van der Waals surface area contributed by atoms with Crippen LogP contribution in [0.15, 0.2) is 0 Å². The molecule has 0 aromatic heterocycles. The summed E-state index contributed by atoms with van der Waals surface area (Å²) in [4.78, 5) is 24.9. The number of likely N-dealkylation sites (tertiary alicyclic amines) is 1. The molecule has 19 heavy (non-hydrogen) atoms. The lowest BCUT2D eigenvalue weighted by molar-refractivity contribution is -0.228. The summed E-state index contributed by atoms with van der Waals surface area (Å²) < 4.78 is 15.5. The van der Waals surface area contributed by atoms with Crippen LogP contribution < -0.4 is 0 Å². The summed E-state index contributed by atoms with van der Waals surface area (Å²) in [5, 5.41) is 0. The van der Waals surface area contributed by atoms with Crippen LogP contribution in [0.1, 0.15) is 32.6 Å². The quantitative estimate of drug-likeness (QED) is 0.532. The fourth-order valence-electron chi connectivity index (χ4n) is 2.19. The van der Waals surface area contributed by atoms with Gasteiger partial charge in [-0.3, -0.25) is 9.59 Å². The smallest absolute Gasteiger partial charge is 0.306 e. The number of piperidine rings is 1. The monoisotopic (exact) mass is 273 g/mol. The summed E-state index contributed by atoms with van der Waals surface area (Å²) in [5.74, 6) is -0.914. The zero-order valence-corrected chi connectivity index (χ0v) is 11.9. The van der Waals surface area contributed by atoms with E-state index >= 15 is 0 Å². The van der Waals surface area contributed by atoms with E-state index in [2.05, 4.69) is 0 Å². The van der Waals surface area contributed by atoms with Gasteiger partial charge in [0.2, 0.25) is 5.91 Å². The molecule has 0 spiro atoms. The highest BCUT2D eigenvalue weighted by Crippen LogP contribution is 2.26. The van der Waals surface area contributed by atoms with E-state index in [4.69, 9.17) is 14.2 Å². The van der Waals surface area contributed by atoms with Gasteiger partial charge in [-0.1, -0.05) is 0 Å². The minimum Gasteiger partial charge on any atom is -0.466 e. The molecule has 6 nitrogen and oxygen atoms in total. The SMILES string of the molecule is CCOC(=O)CCC(=O)N1CCC(OC)(OC)CC1. The molecule has 0 N–H and O–H groups in total. The van der Waals surface area contributed by atoms with Crippen molar-refractivity contribution in [2.24, 2.45) is 0 Å². The Bertz CT molecular complexity index is 304. The highest BCUT2D eigenvalue weighted by atomic mass is 16.7. The van der Waals surface area contributed by atoms with Crippen molar-refractivity contribution < 1.29 is 23.8 Å². The maximum Gasteiger partial charge on any atom is 0.306 e. The molecule has 0 bridgehead atoms. The van der Waals surface area contributed by atoms with E-state index in [1.165, 1.54) is 0 Å². The van der Waals surface area contributed by atoms with Gasteiger partial charge in [-0.2, -0.15) is 0 Å². The molecule has 1 heterocycles. The first kappa shape index (κ1) is 15.9. The fraction of sp³-hybridized carbons (Fsp3) is 0.846. The molecule has 1 aliphatic heterocycles. The second-order valence-electron chi connectivity index (χ2n) is 4.50. The van der Waals surface area contributed by atoms with E-state index < -0.39 is 5.79 Å². The molecule has 0 saturated carbocycles. The van der Waals surface area contributed by atoms with Gasteiger partial charge in [-0.25, -0.2) is 0 Å². The van der Waals surface area contributed by atoms with Crippen molar-refractivity contribution >= 4 is 11.9 Å². The van der Waals surface area contributed by atoms with Crippen LogP contribution in [0.2, 0.25) is 0 Å². The molecule has 0 radical (unpaired) electrons. The summed E-state index contributed by atoms with van der Waals surface area (Å²) in [6.45, 7) is 3.27. The molecule has 0 atom stereocenters. The van der Waals surface area contributed by atoms with Crippen LogP contribution in [0.4, 0.5) is 0 Å². The summed E-state index contributed by atoms with van der Waals surface area (Å²) in [6.07, 6.45) is 1.63. The van der Waals surface area contributed by atoms with Crippen LogP contribution in [0.3, 0.4) is 0 Å². The topological polar surface area (TPSA) is 65.1 Å². The summed E-state index contributed by atoms with van der Waals surface area (Å²) in [5.41, 5.74) is 0. The third-order valence-electron chi connectivity index (χ3n) is 3.47. The average molecular weight is 273 g/mol. The molecule has 0 aromatic rings. The Morgan fingerprint density at radius 3 is 2.16 bits per heavy atom. The van der Waals surface area contributed by atoms with Gasteiger partial charge in [-0.05, 0) is 6.92 Å². The molecule has 1 aliphatic rings. The summed E-state index contributed by atoms with van der Waals surface area (Å²) in [7, 11) is 3.23. The predicted molar refractivity (Wildman–Crippen MR) is 68.4 cm³/mol. The van der Waals surface area contributed by atoms with Crippen LogP contribution in [-0.2, 0) is 23.8 Å². The lowest BCUT2D eigenvalue weighted by Gasteiger charge is -2.39. The Balaban J connectivity index is 2.34.